The van der Waals surface area contributed by atoms with Crippen molar-refractivity contribution in [2.24, 2.45) is 0 Å². The van der Waals surface area contributed by atoms with Crippen LogP contribution >= 0.6 is 0 Å². The molecule has 5 heteroatoms. The van der Waals surface area contributed by atoms with Gasteiger partial charge in [-0.15, -0.1) is 0 Å². The summed E-state index contributed by atoms with van der Waals surface area (Å²) in [4.78, 5) is 12.2. The van der Waals surface area contributed by atoms with Crippen molar-refractivity contribution >= 4 is 5.97 Å². The number of hydrogen-bond donors (Lipinski definition) is 1. The highest BCUT2D eigenvalue weighted by molar-refractivity contribution is 5.79. The molecular formula is C16H22O5. The molecule has 1 aliphatic rings. The minimum absolute atomic E-state index is 0.182. The van der Waals surface area contributed by atoms with Gasteiger partial charge in [-0.25, -0.2) is 0 Å². The van der Waals surface area contributed by atoms with E-state index in [0.717, 1.165) is 12.8 Å². The van der Waals surface area contributed by atoms with Gasteiger partial charge >= 0.3 is 5.97 Å². The van der Waals surface area contributed by atoms with E-state index in [4.69, 9.17) is 14.2 Å². The number of fused-ring (bicyclic) bond motifs is 1. The number of benzene rings is 1. The summed E-state index contributed by atoms with van der Waals surface area (Å²) in [6.45, 7) is 4.28. The van der Waals surface area contributed by atoms with Crippen LogP contribution in [0.5, 0.6) is 11.5 Å². The Morgan fingerprint density at radius 2 is 2.10 bits per heavy atom. The van der Waals surface area contributed by atoms with E-state index in [-0.39, 0.29) is 6.79 Å². The largest absolute Gasteiger partial charge is 0.465 e. The Hall–Kier alpha value is -1.75. The Balaban J connectivity index is 2.23. The third-order valence-electron chi connectivity index (χ3n) is 3.53. The van der Waals surface area contributed by atoms with Crippen LogP contribution in [0.2, 0.25) is 0 Å². The van der Waals surface area contributed by atoms with E-state index >= 15 is 0 Å². The highest BCUT2D eigenvalue weighted by Crippen LogP contribution is 2.36. The lowest BCUT2D eigenvalue weighted by molar-refractivity contribution is -0.148. The summed E-state index contributed by atoms with van der Waals surface area (Å²) < 4.78 is 15.7. The molecule has 0 fully saturated rings. The van der Waals surface area contributed by atoms with Crippen molar-refractivity contribution in [1.82, 2.24) is 0 Å². The zero-order chi connectivity index (χ0) is 15.2. The topological polar surface area (TPSA) is 65.0 Å². The molecule has 1 aromatic rings. The van der Waals surface area contributed by atoms with Crippen LogP contribution in [0.3, 0.4) is 0 Å². The number of rotatable bonds is 7. The summed E-state index contributed by atoms with van der Waals surface area (Å²) in [5.74, 6) is 0.167. The number of hydrogen-bond acceptors (Lipinski definition) is 5. The Morgan fingerprint density at radius 3 is 2.81 bits per heavy atom. The van der Waals surface area contributed by atoms with Crippen LogP contribution < -0.4 is 9.47 Å². The molecule has 2 atom stereocenters. The van der Waals surface area contributed by atoms with E-state index in [1.807, 2.05) is 6.92 Å². The zero-order valence-electron chi connectivity index (χ0n) is 12.5. The second-order valence-corrected chi connectivity index (χ2v) is 5.05. The molecule has 0 saturated heterocycles. The summed E-state index contributed by atoms with van der Waals surface area (Å²) in [7, 11) is 0. The molecule has 1 aromatic carbocycles. The van der Waals surface area contributed by atoms with Crippen LogP contribution in [0, 0.1) is 0 Å². The molecule has 1 aliphatic heterocycles. The highest BCUT2D eigenvalue weighted by atomic mass is 16.7. The zero-order valence-corrected chi connectivity index (χ0v) is 12.5. The van der Waals surface area contributed by atoms with Gasteiger partial charge in [-0.1, -0.05) is 25.8 Å². The summed E-state index contributed by atoms with van der Waals surface area (Å²) >= 11 is 0. The number of unbranched alkanes of at least 4 members (excludes halogenated alkanes) is 1. The van der Waals surface area contributed by atoms with Crippen LogP contribution in [-0.4, -0.2) is 30.6 Å². The molecule has 21 heavy (non-hydrogen) atoms. The molecule has 0 aliphatic carbocycles. The monoisotopic (exact) mass is 294 g/mol. The van der Waals surface area contributed by atoms with Gasteiger partial charge in [0.15, 0.2) is 11.5 Å². The summed E-state index contributed by atoms with van der Waals surface area (Å²) in [6, 6.07) is 5.29. The first-order chi connectivity index (χ1) is 10.2. The van der Waals surface area contributed by atoms with Crippen molar-refractivity contribution in [2.45, 2.75) is 45.1 Å². The Labute approximate surface area is 124 Å². The third kappa shape index (κ3) is 3.67. The highest BCUT2D eigenvalue weighted by Gasteiger charge is 2.31. The van der Waals surface area contributed by atoms with Crippen LogP contribution in [0.25, 0.3) is 0 Å². The van der Waals surface area contributed by atoms with E-state index in [2.05, 4.69) is 0 Å². The minimum Gasteiger partial charge on any atom is -0.465 e. The van der Waals surface area contributed by atoms with E-state index in [0.29, 0.717) is 30.1 Å². The molecule has 0 aromatic heterocycles. The van der Waals surface area contributed by atoms with Gasteiger partial charge in [0.1, 0.15) is 5.92 Å². The van der Waals surface area contributed by atoms with Crippen molar-refractivity contribution in [3.63, 3.8) is 0 Å². The molecule has 1 N–H and O–H groups in total. The van der Waals surface area contributed by atoms with Gasteiger partial charge in [0.2, 0.25) is 6.79 Å². The standard InChI is InChI=1S/C16H22O5/c1-3-5-6-12(17)15(16(18)19-4-2)11-7-8-13-14(9-11)21-10-20-13/h7-9,12,15,17H,3-6,10H2,1-2H3. The fourth-order valence-corrected chi connectivity index (χ4v) is 2.43. The van der Waals surface area contributed by atoms with Gasteiger partial charge in [-0.05, 0) is 31.0 Å². The van der Waals surface area contributed by atoms with Crippen LogP contribution in [0.1, 0.15) is 44.6 Å². The molecule has 0 spiro atoms. The van der Waals surface area contributed by atoms with Crippen molar-refractivity contribution < 1.29 is 24.1 Å². The van der Waals surface area contributed by atoms with E-state index < -0.39 is 18.0 Å². The van der Waals surface area contributed by atoms with Crippen molar-refractivity contribution in [3.8, 4) is 11.5 Å². The number of aliphatic hydroxyl groups excluding tert-OH is 1. The van der Waals surface area contributed by atoms with Crippen LogP contribution in [0.15, 0.2) is 18.2 Å². The maximum absolute atomic E-state index is 12.2. The summed E-state index contributed by atoms with van der Waals surface area (Å²) in [5, 5.41) is 10.4. The maximum atomic E-state index is 12.2. The van der Waals surface area contributed by atoms with E-state index in [1.54, 1.807) is 25.1 Å². The molecule has 0 saturated carbocycles. The number of aliphatic hydroxyl groups is 1. The average molecular weight is 294 g/mol. The number of ether oxygens (including phenoxy) is 3. The first-order valence-corrected chi connectivity index (χ1v) is 7.41. The Bertz CT molecular complexity index is 486. The minimum atomic E-state index is -0.760. The maximum Gasteiger partial charge on any atom is 0.316 e. The van der Waals surface area contributed by atoms with Crippen molar-refractivity contribution in [3.05, 3.63) is 23.8 Å². The number of carbonyl (C=O) groups excluding carboxylic acids is 1. The fraction of sp³-hybridized carbons (Fsp3) is 0.562. The second-order valence-electron chi connectivity index (χ2n) is 5.05. The summed E-state index contributed by atoms with van der Waals surface area (Å²) in [5.41, 5.74) is 0.696. The second kappa shape index (κ2) is 7.31. The lowest BCUT2D eigenvalue weighted by Gasteiger charge is -2.22. The van der Waals surface area contributed by atoms with Gasteiger partial charge in [0.05, 0.1) is 12.7 Å². The first kappa shape index (κ1) is 15.6. The molecule has 0 radical (unpaired) electrons. The van der Waals surface area contributed by atoms with E-state index in [1.165, 1.54) is 0 Å². The van der Waals surface area contributed by atoms with Crippen LogP contribution in [-0.2, 0) is 9.53 Å². The van der Waals surface area contributed by atoms with Crippen molar-refractivity contribution in [1.29, 1.82) is 0 Å². The molecule has 0 bridgehead atoms. The lowest BCUT2D eigenvalue weighted by Crippen LogP contribution is -2.28. The smallest absolute Gasteiger partial charge is 0.316 e. The lowest BCUT2D eigenvalue weighted by atomic mass is 9.90. The fourth-order valence-electron chi connectivity index (χ4n) is 2.43. The summed E-state index contributed by atoms with van der Waals surface area (Å²) in [6.07, 6.45) is 1.63. The van der Waals surface area contributed by atoms with Crippen LogP contribution in [0.4, 0.5) is 0 Å². The number of carbonyl (C=O) groups is 1. The van der Waals surface area contributed by atoms with Gasteiger partial charge < -0.3 is 19.3 Å². The first-order valence-electron chi connectivity index (χ1n) is 7.41. The van der Waals surface area contributed by atoms with Crippen molar-refractivity contribution in [2.75, 3.05) is 13.4 Å². The molecule has 1 heterocycles. The number of esters is 1. The molecule has 5 nitrogen and oxygen atoms in total. The van der Waals surface area contributed by atoms with E-state index in [9.17, 15) is 9.90 Å². The quantitative estimate of drug-likeness (QED) is 0.783. The predicted octanol–water partition coefficient (Wildman–Crippen LogP) is 2.61. The molecule has 116 valence electrons. The van der Waals surface area contributed by atoms with Gasteiger partial charge in [-0.3, -0.25) is 4.79 Å². The molecule has 2 rings (SSSR count). The Morgan fingerprint density at radius 1 is 1.33 bits per heavy atom. The molecule has 0 amide bonds. The molecule has 2 unspecified atom stereocenters. The normalized spacial score (nSPS) is 15.6. The van der Waals surface area contributed by atoms with Gasteiger partial charge in [-0.2, -0.15) is 0 Å². The predicted molar refractivity (Wildman–Crippen MR) is 77.5 cm³/mol. The Kier molecular flexibility index (Phi) is 5.44. The SMILES string of the molecule is CCCCC(O)C(C(=O)OCC)c1ccc2c(c1)OCO2. The third-order valence-corrected chi connectivity index (χ3v) is 3.53. The molecular weight excluding hydrogens is 272 g/mol. The average Bonchev–Trinajstić information content (AvgIpc) is 2.93. The van der Waals surface area contributed by atoms with Gasteiger partial charge in [0, 0.05) is 0 Å². The van der Waals surface area contributed by atoms with Gasteiger partial charge in [0.25, 0.3) is 0 Å².